The molecular formula is C8H46I4K2P2S3. The molecule has 2 unspecified atom stereocenters. The zero-order chi connectivity index (χ0) is 0. The van der Waals surface area contributed by atoms with Gasteiger partial charge in [-0.25, -0.2) is 0 Å². The fourth-order valence-corrected chi connectivity index (χ4v) is 0. The Morgan fingerprint density at radius 3 is 0.368 bits per heavy atom. The minimum atomic E-state index is 0. The third kappa shape index (κ3) is 231. The van der Waals surface area contributed by atoms with Crippen LogP contribution in [0.1, 0.15) is 59.4 Å². The summed E-state index contributed by atoms with van der Waals surface area (Å²) in [5, 5.41) is 0. The Balaban J connectivity index is 0. The summed E-state index contributed by atoms with van der Waals surface area (Å²) in [6, 6.07) is 0. The molecule has 0 aromatic carbocycles. The molecule has 0 aromatic rings. The van der Waals surface area contributed by atoms with E-state index in [1.165, 1.54) is 0 Å². The topological polar surface area (TPSA) is 0 Å². The molecule has 0 saturated carbocycles. The molecule has 0 fully saturated rings. The van der Waals surface area contributed by atoms with Crippen molar-refractivity contribution in [3.8, 4) is 0 Å². The molecule has 0 aliphatic rings. The summed E-state index contributed by atoms with van der Waals surface area (Å²) in [7, 11) is 0. The van der Waals surface area contributed by atoms with Gasteiger partial charge in [0.25, 0.3) is 0 Å². The first-order chi connectivity index (χ1) is 0. The third-order valence-corrected chi connectivity index (χ3v) is 0. The molecule has 0 nitrogen and oxygen atoms in total. The van der Waals surface area contributed by atoms with Gasteiger partial charge in [-0.05, 0) is 0 Å². The van der Waals surface area contributed by atoms with Gasteiger partial charge in [0.1, 0.15) is 0 Å². The van der Waals surface area contributed by atoms with Crippen molar-refractivity contribution < 1.29 is 127 Å². The van der Waals surface area contributed by atoms with E-state index in [4.69, 9.17) is 0 Å². The normalized spacial score (nSPS) is 0. The van der Waals surface area contributed by atoms with E-state index < -0.39 is 0 Å². The molecule has 136 valence electrons. The van der Waals surface area contributed by atoms with Gasteiger partial charge in [-0.3, -0.25) is 0 Å². The Kier molecular flexibility index (Phi) is 3710. The monoisotopic (exact) mass is 886 g/mol. The third-order valence-electron chi connectivity index (χ3n) is 0. The Bertz CT molecular complexity index is 40.0. The van der Waals surface area contributed by atoms with Gasteiger partial charge in [-0.1, -0.05) is 59.4 Å². The van der Waals surface area contributed by atoms with Crippen molar-refractivity contribution in [2.24, 2.45) is 0 Å². The quantitative estimate of drug-likeness (QED) is 0.0897. The van der Waals surface area contributed by atoms with Gasteiger partial charge in [0.15, 0.2) is 0 Å². The summed E-state index contributed by atoms with van der Waals surface area (Å²) >= 11 is 0. The molecule has 0 aliphatic heterocycles. The molecule has 0 aliphatic carbocycles. The molecule has 0 saturated heterocycles. The maximum atomic E-state index is 0. The van der Waals surface area contributed by atoms with E-state index in [0.29, 0.717) is 0 Å². The van der Waals surface area contributed by atoms with Crippen LogP contribution in [-0.4, -0.2) is 0 Å². The number of hydrogen-bond acceptors (Lipinski definition) is 1. The van der Waals surface area contributed by atoms with Gasteiger partial charge in [-0.2, -0.15) is 46.8 Å². The second-order valence-electron chi connectivity index (χ2n) is 0. The van der Waals surface area contributed by atoms with E-state index in [9.17, 15) is 0 Å². The number of thiol groups is 1. The van der Waals surface area contributed by atoms with E-state index >= 15 is 0 Å². The molecule has 0 N–H and O–H groups in total. The molecule has 11 heteroatoms. The minimum Gasteiger partial charge on any atom is -1.00 e. The van der Waals surface area contributed by atoms with Crippen LogP contribution < -0.4 is 127 Å². The molecule has 0 bridgehead atoms. The maximum absolute atomic E-state index is 0. The van der Waals surface area contributed by atoms with Crippen LogP contribution in [0, 0.1) is 0 Å². The molecule has 0 aromatic heterocycles. The van der Waals surface area contributed by atoms with Gasteiger partial charge in [0.05, 0.1) is 0 Å². The van der Waals surface area contributed by atoms with Crippen molar-refractivity contribution >= 4 is 132 Å². The van der Waals surface area contributed by atoms with Gasteiger partial charge < -0.3 is 37.5 Å². The number of halogens is 4. The van der Waals surface area contributed by atoms with E-state index in [-0.39, 0.29) is 318 Å². The zero-order valence-electron chi connectivity index (χ0n) is 6.46. The summed E-state index contributed by atoms with van der Waals surface area (Å²) in [4.78, 5) is 0. The summed E-state index contributed by atoms with van der Waals surface area (Å²) in [6.07, 6.45) is 0. The van der Waals surface area contributed by atoms with Crippen LogP contribution in [0.15, 0.2) is 0 Å². The average Bonchev–Trinajstić information content (AvgIpc) is 0. The van der Waals surface area contributed by atoms with Crippen LogP contribution in [0.2, 0.25) is 0 Å². The molecule has 0 radical (unpaired) electrons. The summed E-state index contributed by atoms with van der Waals surface area (Å²) in [5.41, 5.74) is 0. The maximum Gasteiger partial charge on any atom is 1.00 e. The van der Waals surface area contributed by atoms with Crippen LogP contribution in [0.4, 0.5) is 0 Å². The molecule has 0 spiro atoms. The first-order valence-corrected chi connectivity index (χ1v) is 0. The minimum absolute atomic E-state index is 0. The molecule has 0 amide bonds. The smallest absolute Gasteiger partial charge is 1.00 e. The van der Waals surface area contributed by atoms with Crippen molar-refractivity contribution in [1.82, 2.24) is 0 Å². The van der Waals surface area contributed by atoms with Gasteiger partial charge in [0.2, 0.25) is 0 Å². The van der Waals surface area contributed by atoms with Crippen molar-refractivity contribution in [2.75, 3.05) is 0 Å². The summed E-state index contributed by atoms with van der Waals surface area (Å²) in [6.45, 7) is 0. The van der Waals surface area contributed by atoms with E-state index in [0.717, 1.165) is 0 Å². The van der Waals surface area contributed by atoms with Crippen LogP contribution in [0.3, 0.4) is 0 Å². The molecule has 0 rings (SSSR count). The van der Waals surface area contributed by atoms with Crippen LogP contribution in [0.5, 0.6) is 0 Å². The first-order valence-electron chi connectivity index (χ1n) is 0. The SMILES string of the molecule is C.C.C.C.C.C.C.C.I.I.I.P.P.S.S.[I-].[K+].[K+].[SH-]. The van der Waals surface area contributed by atoms with E-state index in [1.807, 2.05) is 0 Å². The average molecular weight is 886 g/mol. The fraction of sp³-hybridized carbons (Fsp3) is 1.00. The van der Waals surface area contributed by atoms with Crippen LogP contribution >= 0.6 is 119 Å². The van der Waals surface area contributed by atoms with Crippen molar-refractivity contribution in [2.45, 2.75) is 59.4 Å². The Hall–Kier alpha value is 8.10. The number of rotatable bonds is 0. The molecule has 19 heavy (non-hydrogen) atoms. The predicted molar refractivity (Wildman–Crippen MR) is 152 cm³/mol. The van der Waals surface area contributed by atoms with E-state index in [2.05, 4.69) is 0 Å². The fourth-order valence-electron chi connectivity index (χ4n) is 0. The Labute approximate surface area is 310 Å². The first kappa shape index (κ1) is 281. The second kappa shape index (κ2) is 251. The molecular weight excluding hydrogens is 840 g/mol. The predicted octanol–water partition coefficient (Wildman–Crippen LogP) is -1.97. The largest absolute Gasteiger partial charge is 1.00 e. The zero-order valence-corrected chi connectivity index (χ0v) is 27.6. The number of hydrogen-bond donors (Lipinski definition) is 0. The van der Waals surface area contributed by atoms with Gasteiger partial charge >= 0.3 is 103 Å². The summed E-state index contributed by atoms with van der Waals surface area (Å²) < 4.78 is 0. The Morgan fingerprint density at radius 2 is 0.368 bits per heavy atom. The standard InChI is InChI=1S/8CH4.4HI.2K.2H3P.3H2S/h8*1H4;4*1H;;;2*1H3;3*1H2/q;;;;;;;;;;;;2*+1;;;;;/p-2. The molecule has 0 heterocycles. The van der Waals surface area contributed by atoms with E-state index in [1.54, 1.807) is 0 Å². The van der Waals surface area contributed by atoms with Crippen molar-refractivity contribution in [3.63, 3.8) is 0 Å². The van der Waals surface area contributed by atoms with Crippen molar-refractivity contribution in [1.29, 1.82) is 0 Å². The summed E-state index contributed by atoms with van der Waals surface area (Å²) in [5.74, 6) is 0. The van der Waals surface area contributed by atoms with Crippen LogP contribution in [0.25, 0.3) is 0 Å². The van der Waals surface area contributed by atoms with Gasteiger partial charge in [-0.15, -0.1) is 71.9 Å². The van der Waals surface area contributed by atoms with Crippen LogP contribution in [-0.2, 0) is 13.5 Å². The van der Waals surface area contributed by atoms with Gasteiger partial charge in [0, 0.05) is 0 Å². The van der Waals surface area contributed by atoms with Crippen molar-refractivity contribution in [3.05, 3.63) is 0 Å². The Morgan fingerprint density at radius 1 is 0.368 bits per heavy atom. The molecule has 2 atom stereocenters. The second-order valence-corrected chi connectivity index (χ2v) is 0.